The average molecular weight is 360 g/mol. The second-order valence-electron chi connectivity index (χ2n) is 6.70. The number of methoxy groups -OCH3 is 1. The lowest BCUT2D eigenvalue weighted by atomic mass is 9.93. The van der Waals surface area contributed by atoms with E-state index in [9.17, 15) is 4.79 Å². The van der Waals surface area contributed by atoms with Crippen molar-refractivity contribution in [3.05, 3.63) is 63.7 Å². The lowest BCUT2D eigenvalue weighted by Crippen LogP contribution is -2.28. The van der Waals surface area contributed by atoms with E-state index in [1.165, 1.54) is 0 Å². The SMILES string of the molecule is COc1cc(C)c(C(C)NC(=O)Cc2ccc(Cl)cc2)cc1C(C)C. The molecule has 2 aromatic carbocycles. The van der Waals surface area contributed by atoms with E-state index >= 15 is 0 Å². The Bertz CT molecular complexity index is 738. The number of aryl methyl sites for hydroxylation is 1. The van der Waals surface area contributed by atoms with Crippen LogP contribution in [0.25, 0.3) is 0 Å². The summed E-state index contributed by atoms with van der Waals surface area (Å²) in [7, 11) is 1.69. The first kappa shape index (κ1) is 19.3. The van der Waals surface area contributed by atoms with Crippen LogP contribution in [0.1, 0.15) is 55.0 Å². The van der Waals surface area contributed by atoms with Gasteiger partial charge in [0.1, 0.15) is 5.75 Å². The third-order valence-electron chi connectivity index (χ3n) is 4.36. The van der Waals surface area contributed by atoms with Crippen molar-refractivity contribution in [2.45, 2.75) is 46.1 Å². The van der Waals surface area contributed by atoms with Crippen molar-refractivity contribution < 1.29 is 9.53 Å². The van der Waals surface area contributed by atoms with Gasteiger partial charge < -0.3 is 10.1 Å². The Labute approximate surface area is 155 Å². The summed E-state index contributed by atoms with van der Waals surface area (Å²) in [6.07, 6.45) is 0.341. The third-order valence-corrected chi connectivity index (χ3v) is 4.61. The molecule has 2 aromatic rings. The van der Waals surface area contributed by atoms with Gasteiger partial charge in [0.05, 0.1) is 19.6 Å². The Morgan fingerprint density at radius 1 is 1.12 bits per heavy atom. The molecule has 0 spiro atoms. The average Bonchev–Trinajstić information content (AvgIpc) is 2.56. The van der Waals surface area contributed by atoms with Crippen LogP contribution in [-0.4, -0.2) is 13.0 Å². The second kappa shape index (κ2) is 8.39. The fourth-order valence-corrected chi connectivity index (χ4v) is 3.09. The van der Waals surface area contributed by atoms with Crippen LogP contribution in [0.5, 0.6) is 5.75 Å². The first-order valence-electron chi connectivity index (χ1n) is 8.54. The van der Waals surface area contributed by atoms with Crippen LogP contribution in [-0.2, 0) is 11.2 Å². The van der Waals surface area contributed by atoms with Crippen molar-refractivity contribution in [1.82, 2.24) is 5.32 Å². The van der Waals surface area contributed by atoms with Gasteiger partial charge in [0.15, 0.2) is 0 Å². The predicted octanol–water partition coefficient (Wildman–Crippen LogP) is 5.20. The molecule has 0 fully saturated rings. The molecule has 0 aliphatic rings. The van der Waals surface area contributed by atoms with E-state index in [1.54, 1.807) is 19.2 Å². The van der Waals surface area contributed by atoms with E-state index < -0.39 is 0 Å². The van der Waals surface area contributed by atoms with Crippen molar-refractivity contribution in [2.24, 2.45) is 0 Å². The first-order chi connectivity index (χ1) is 11.8. The summed E-state index contributed by atoms with van der Waals surface area (Å²) in [6.45, 7) is 8.34. The molecule has 1 atom stereocenters. The number of ether oxygens (including phenoxy) is 1. The van der Waals surface area contributed by atoms with Gasteiger partial charge in [-0.3, -0.25) is 4.79 Å². The van der Waals surface area contributed by atoms with Crippen molar-refractivity contribution >= 4 is 17.5 Å². The molecule has 0 heterocycles. The molecule has 0 radical (unpaired) electrons. The molecule has 1 unspecified atom stereocenters. The Morgan fingerprint density at radius 2 is 1.76 bits per heavy atom. The number of rotatable bonds is 6. The molecule has 0 aromatic heterocycles. The highest BCUT2D eigenvalue weighted by atomic mass is 35.5. The van der Waals surface area contributed by atoms with E-state index in [0.29, 0.717) is 17.4 Å². The maximum absolute atomic E-state index is 12.4. The summed E-state index contributed by atoms with van der Waals surface area (Å²) in [5.41, 5.74) is 4.33. The van der Waals surface area contributed by atoms with E-state index in [2.05, 4.69) is 25.2 Å². The van der Waals surface area contributed by atoms with Crippen molar-refractivity contribution in [2.75, 3.05) is 7.11 Å². The van der Waals surface area contributed by atoms with Crippen LogP contribution in [0.15, 0.2) is 36.4 Å². The van der Waals surface area contributed by atoms with Crippen LogP contribution in [0.2, 0.25) is 5.02 Å². The summed E-state index contributed by atoms with van der Waals surface area (Å²) in [5.74, 6) is 1.25. The topological polar surface area (TPSA) is 38.3 Å². The van der Waals surface area contributed by atoms with E-state index in [-0.39, 0.29) is 11.9 Å². The zero-order chi connectivity index (χ0) is 18.6. The fraction of sp³-hybridized carbons (Fsp3) is 0.381. The molecule has 0 aliphatic heterocycles. The molecule has 0 saturated carbocycles. The van der Waals surface area contributed by atoms with Gasteiger partial charge in [-0.1, -0.05) is 37.6 Å². The third kappa shape index (κ3) is 4.99. The van der Waals surface area contributed by atoms with Gasteiger partial charge in [0.25, 0.3) is 0 Å². The van der Waals surface area contributed by atoms with Gasteiger partial charge in [-0.2, -0.15) is 0 Å². The number of hydrogen-bond acceptors (Lipinski definition) is 2. The molecule has 134 valence electrons. The van der Waals surface area contributed by atoms with Gasteiger partial charge >= 0.3 is 0 Å². The van der Waals surface area contributed by atoms with Gasteiger partial charge in [-0.25, -0.2) is 0 Å². The minimum Gasteiger partial charge on any atom is -0.496 e. The molecular weight excluding hydrogens is 334 g/mol. The van der Waals surface area contributed by atoms with E-state index in [1.807, 2.05) is 32.0 Å². The molecule has 2 rings (SSSR count). The lowest BCUT2D eigenvalue weighted by molar-refractivity contribution is -0.121. The summed E-state index contributed by atoms with van der Waals surface area (Å²) >= 11 is 5.88. The van der Waals surface area contributed by atoms with Crippen LogP contribution >= 0.6 is 11.6 Å². The molecule has 3 nitrogen and oxygen atoms in total. The number of halogens is 1. The molecule has 1 amide bonds. The normalized spacial score (nSPS) is 12.1. The number of benzene rings is 2. The highest BCUT2D eigenvalue weighted by Crippen LogP contribution is 2.32. The Morgan fingerprint density at radius 3 is 2.32 bits per heavy atom. The zero-order valence-corrected chi connectivity index (χ0v) is 16.3. The molecule has 4 heteroatoms. The summed E-state index contributed by atoms with van der Waals surface area (Å²) in [6, 6.07) is 11.5. The molecular formula is C21H26ClNO2. The molecule has 0 aliphatic carbocycles. The standard InChI is InChI=1S/C21H26ClNO2/c1-13(2)18-12-19(14(3)10-20(18)25-5)15(4)23-21(24)11-16-6-8-17(22)9-7-16/h6-10,12-13,15H,11H2,1-5H3,(H,23,24). The Hall–Kier alpha value is -2.00. The van der Waals surface area contributed by atoms with Crippen LogP contribution in [0.4, 0.5) is 0 Å². The van der Waals surface area contributed by atoms with Crippen LogP contribution in [0.3, 0.4) is 0 Å². The second-order valence-corrected chi connectivity index (χ2v) is 7.13. The fourth-order valence-electron chi connectivity index (χ4n) is 2.97. The van der Waals surface area contributed by atoms with Gasteiger partial charge in [-0.05, 0) is 66.3 Å². The van der Waals surface area contributed by atoms with Crippen molar-refractivity contribution in [3.63, 3.8) is 0 Å². The predicted molar refractivity (Wildman–Crippen MR) is 104 cm³/mol. The van der Waals surface area contributed by atoms with Gasteiger partial charge in [-0.15, -0.1) is 0 Å². The van der Waals surface area contributed by atoms with Gasteiger partial charge in [0.2, 0.25) is 5.91 Å². The highest BCUT2D eigenvalue weighted by molar-refractivity contribution is 6.30. The number of nitrogens with one attached hydrogen (secondary N) is 1. The number of amides is 1. The molecule has 0 saturated heterocycles. The monoisotopic (exact) mass is 359 g/mol. The summed E-state index contributed by atoms with van der Waals surface area (Å²) in [4.78, 5) is 12.4. The van der Waals surface area contributed by atoms with Crippen LogP contribution in [0, 0.1) is 6.92 Å². The van der Waals surface area contributed by atoms with Crippen LogP contribution < -0.4 is 10.1 Å². The molecule has 1 N–H and O–H groups in total. The molecule has 25 heavy (non-hydrogen) atoms. The number of carbonyl (C=O) groups excluding carboxylic acids is 1. The van der Waals surface area contributed by atoms with Crippen molar-refractivity contribution in [3.8, 4) is 5.75 Å². The highest BCUT2D eigenvalue weighted by Gasteiger charge is 2.17. The molecule has 0 bridgehead atoms. The zero-order valence-electron chi connectivity index (χ0n) is 15.5. The quantitative estimate of drug-likeness (QED) is 0.769. The number of hydrogen-bond donors (Lipinski definition) is 1. The van der Waals surface area contributed by atoms with Crippen molar-refractivity contribution in [1.29, 1.82) is 0 Å². The maximum atomic E-state index is 12.4. The number of carbonyl (C=O) groups is 1. The Kier molecular flexibility index (Phi) is 6.49. The largest absolute Gasteiger partial charge is 0.496 e. The smallest absolute Gasteiger partial charge is 0.224 e. The Balaban J connectivity index is 2.14. The summed E-state index contributed by atoms with van der Waals surface area (Å²) < 4.78 is 5.49. The van der Waals surface area contributed by atoms with E-state index in [4.69, 9.17) is 16.3 Å². The summed E-state index contributed by atoms with van der Waals surface area (Å²) in [5, 5.41) is 3.76. The van der Waals surface area contributed by atoms with Gasteiger partial charge in [0, 0.05) is 5.02 Å². The maximum Gasteiger partial charge on any atom is 0.224 e. The van der Waals surface area contributed by atoms with E-state index in [0.717, 1.165) is 28.0 Å². The minimum absolute atomic E-state index is 0.00358. The minimum atomic E-state index is -0.0665. The first-order valence-corrected chi connectivity index (χ1v) is 8.91. The lowest BCUT2D eigenvalue weighted by Gasteiger charge is -2.21.